The molecule has 78 valence electrons. The van der Waals surface area contributed by atoms with Crippen molar-refractivity contribution in [3.8, 4) is 0 Å². The zero-order valence-electron chi connectivity index (χ0n) is 8.31. The number of primary amides is 1. The number of aromatic nitrogens is 1. The van der Waals surface area contributed by atoms with Crippen molar-refractivity contribution in [3.05, 3.63) is 41.3 Å². The molecule has 2 heterocycles. The highest BCUT2D eigenvalue weighted by Crippen LogP contribution is 2.26. The van der Waals surface area contributed by atoms with Gasteiger partial charge in [0, 0.05) is 10.8 Å². The summed E-state index contributed by atoms with van der Waals surface area (Å²) >= 11 is 1.33. The van der Waals surface area contributed by atoms with Crippen LogP contribution >= 0.6 is 11.3 Å². The molecule has 3 nitrogen and oxygen atoms in total. The van der Waals surface area contributed by atoms with E-state index in [2.05, 4.69) is 4.98 Å². The number of pyridine rings is 1. The van der Waals surface area contributed by atoms with E-state index in [4.69, 9.17) is 5.73 Å². The van der Waals surface area contributed by atoms with Crippen molar-refractivity contribution >= 4 is 38.4 Å². The van der Waals surface area contributed by atoms with Crippen LogP contribution in [0.1, 0.15) is 9.67 Å². The summed E-state index contributed by atoms with van der Waals surface area (Å²) in [5.74, 6) is -0.396. The number of hydrogen-bond donors (Lipinski definition) is 1. The first-order valence-electron chi connectivity index (χ1n) is 4.83. The predicted octanol–water partition coefficient (Wildman–Crippen LogP) is 2.55. The number of fused-ring (bicyclic) bond motifs is 2. The Morgan fingerprint density at radius 1 is 1.19 bits per heavy atom. The van der Waals surface area contributed by atoms with E-state index >= 15 is 0 Å². The van der Waals surface area contributed by atoms with Crippen LogP contribution in [0.2, 0.25) is 0 Å². The fourth-order valence-corrected chi connectivity index (χ4v) is 2.57. The first kappa shape index (κ1) is 9.30. The van der Waals surface area contributed by atoms with Gasteiger partial charge in [0.25, 0.3) is 5.91 Å². The first-order valence-corrected chi connectivity index (χ1v) is 5.65. The lowest BCUT2D eigenvalue weighted by Gasteiger charge is -1.95. The molecule has 3 aromatic rings. The van der Waals surface area contributed by atoms with Crippen LogP contribution in [0.15, 0.2) is 36.4 Å². The third kappa shape index (κ3) is 1.35. The molecule has 0 aliphatic heterocycles. The lowest BCUT2D eigenvalue weighted by atomic mass is 10.2. The molecule has 0 saturated heterocycles. The summed E-state index contributed by atoms with van der Waals surface area (Å²) in [6.07, 6.45) is 0. The number of nitrogens with two attached hydrogens (primary N) is 1. The molecule has 0 unspecified atom stereocenters. The van der Waals surface area contributed by atoms with Gasteiger partial charge in [-0.05, 0) is 18.2 Å². The summed E-state index contributed by atoms with van der Waals surface area (Å²) in [5, 5.41) is 2.04. The monoisotopic (exact) mass is 228 g/mol. The number of carbonyl (C=O) groups is 1. The van der Waals surface area contributed by atoms with E-state index in [1.54, 1.807) is 6.07 Å². The van der Waals surface area contributed by atoms with Gasteiger partial charge in [-0.15, -0.1) is 11.3 Å². The Morgan fingerprint density at radius 3 is 2.81 bits per heavy atom. The molecule has 0 radical (unpaired) electrons. The Morgan fingerprint density at radius 2 is 2.00 bits per heavy atom. The van der Waals surface area contributed by atoms with Gasteiger partial charge in [0.05, 0.1) is 10.4 Å². The van der Waals surface area contributed by atoms with Crippen molar-refractivity contribution in [2.24, 2.45) is 5.73 Å². The summed E-state index contributed by atoms with van der Waals surface area (Å²) in [7, 11) is 0. The second-order valence-corrected chi connectivity index (χ2v) is 4.58. The number of amides is 1. The third-order valence-electron chi connectivity index (χ3n) is 2.45. The molecule has 0 atom stereocenters. The van der Waals surface area contributed by atoms with E-state index < -0.39 is 5.91 Å². The second-order valence-electron chi connectivity index (χ2n) is 3.55. The molecule has 0 spiro atoms. The Kier molecular flexibility index (Phi) is 1.91. The molecular formula is C12H8N2OS. The molecule has 0 aliphatic carbocycles. The maximum Gasteiger partial charge on any atom is 0.258 e. The average Bonchev–Trinajstić information content (AvgIpc) is 2.68. The first-order chi connectivity index (χ1) is 7.74. The highest BCUT2D eigenvalue weighted by molar-refractivity contribution is 7.20. The van der Waals surface area contributed by atoms with Crippen molar-refractivity contribution in [2.75, 3.05) is 0 Å². The molecule has 0 aliphatic rings. The van der Waals surface area contributed by atoms with Crippen LogP contribution in [0.4, 0.5) is 0 Å². The minimum absolute atomic E-state index is 0.396. The Bertz CT molecular complexity index is 650. The molecule has 4 heteroatoms. The second kappa shape index (κ2) is 3.28. The largest absolute Gasteiger partial charge is 0.365 e. The molecule has 0 saturated carbocycles. The van der Waals surface area contributed by atoms with Gasteiger partial charge in [-0.1, -0.05) is 18.2 Å². The molecule has 2 aromatic heterocycles. The van der Waals surface area contributed by atoms with Crippen molar-refractivity contribution in [1.29, 1.82) is 0 Å². The van der Waals surface area contributed by atoms with Crippen LogP contribution in [0.25, 0.3) is 21.1 Å². The minimum Gasteiger partial charge on any atom is -0.365 e. The summed E-state index contributed by atoms with van der Waals surface area (Å²) < 4.78 is 0. The van der Waals surface area contributed by atoms with Gasteiger partial charge in [-0.2, -0.15) is 0 Å². The van der Waals surface area contributed by atoms with E-state index in [0.29, 0.717) is 4.88 Å². The lowest BCUT2D eigenvalue weighted by Crippen LogP contribution is -2.07. The van der Waals surface area contributed by atoms with E-state index in [1.807, 2.05) is 30.3 Å². The van der Waals surface area contributed by atoms with Gasteiger partial charge < -0.3 is 5.73 Å². The van der Waals surface area contributed by atoms with Crippen LogP contribution in [0.5, 0.6) is 0 Å². The van der Waals surface area contributed by atoms with E-state index in [9.17, 15) is 4.79 Å². The number of carbonyl (C=O) groups excluding carboxylic acids is 1. The number of thiophene rings is 1. The zero-order chi connectivity index (χ0) is 11.1. The van der Waals surface area contributed by atoms with Crippen molar-refractivity contribution < 1.29 is 4.79 Å². The molecule has 1 amide bonds. The molecule has 0 fully saturated rings. The fraction of sp³-hybridized carbons (Fsp3) is 0. The SMILES string of the molecule is NC(=O)c1cc2cc3ccccc3nc2s1. The molecular weight excluding hydrogens is 220 g/mol. The minimum atomic E-state index is -0.396. The van der Waals surface area contributed by atoms with Gasteiger partial charge in [-0.25, -0.2) is 4.98 Å². The van der Waals surface area contributed by atoms with Crippen LogP contribution < -0.4 is 5.73 Å². The van der Waals surface area contributed by atoms with Gasteiger partial charge in [0.1, 0.15) is 4.83 Å². The standard InChI is InChI=1S/C12H8N2OS/c13-11(15)10-6-8-5-7-3-1-2-4-9(7)14-12(8)16-10/h1-6H,(H2,13,15). The Hall–Kier alpha value is -1.94. The van der Waals surface area contributed by atoms with Crippen LogP contribution in [0, 0.1) is 0 Å². The average molecular weight is 228 g/mol. The highest BCUT2D eigenvalue weighted by Gasteiger charge is 2.08. The van der Waals surface area contributed by atoms with E-state index in [0.717, 1.165) is 21.1 Å². The summed E-state index contributed by atoms with van der Waals surface area (Å²) in [5.41, 5.74) is 6.18. The topological polar surface area (TPSA) is 56.0 Å². The van der Waals surface area contributed by atoms with Crippen molar-refractivity contribution in [2.45, 2.75) is 0 Å². The Labute approximate surface area is 95.5 Å². The van der Waals surface area contributed by atoms with Gasteiger partial charge >= 0.3 is 0 Å². The highest BCUT2D eigenvalue weighted by atomic mass is 32.1. The summed E-state index contributed by atoms with van der Waals surface area (Å²) in [4.78, 5) is 17.0. The van der Waals surface area contributed by atoms with Crippen molar-refractivity contribution in [1.82, 2.24) is 4.98 Å². The van der Waals surface area contributed by atoms with Crippen LogP contribution in [-0.2, 0) is 0 Å². The van der Waals surface area contributed by atoms with E-state index in [1.165, 1.54) is 11.3 Å². The molecule has 1 aromatic carbocycles. The Balaban J connectivity index is 2.38. The molecule has 3 rings (SSSR count). The maximum absolute atomic E-state index is 11.1. The van der Waals surface area contributed by atoms with Gasteiger partial charge in [0.2, 0.25) is 0 Å². The smallest absolute Gasteiger partial charge is 0.258 e. The van der Waals surface area contributed by atoms with Crippen LogP contribution in [-0.4, -0.2) is 10.9 Å². The quantitative estimate of drug-likeness (QED) is 0.695. The lowest BCUT2D eigenvalue weighted by molar-refractivity contribution is 0.100. The maximum atomic E-state index is 11.1. The van der Waals surface area contributed by atoms with Gasteiger partial charge in [0.15, 0.2) is 0 Å². The molecule has 0 bridgehead atoms. The summed E-state index contributed by atoms with van der Waals surface area (Å²) in [6.45, 7) is 0. The molecule has 16 heavy (non-hydrogen) atoms. The van der Waals surface area contributed by atoms with E-state index in [-0.39, 0.29) is 0 Å². The summed E-state index contributed by atoms with van der Waals surface area (Å²) in [6, 6.07) is 11.7. The van der Waals surface area contributed by atoms with Crippen LogP contribution in [0.3, 0.4) is 0 Å². The number of hydrogen-bond acceptors (Lipinski definition) is 3. The number of nitrogens with zero attached hydrogens (tertiary/aromatic N) is 1. The number of para-hydroxylation sites is 1. The number of rotatable bonds is 1. The third-order valence-corrected chi connectivity index (χ3v) is 3.51. The van der Waals surface area contributed by atoms with Gasteiger partial charge in [-0.3, -0.25) is 4.79 Å². The fourth-order valence-electron chi connectivity index (χ4n) is 1.70. The predicted molar refractivity (Wildman–Crippen MR) is 65.6 cm³/mol. The molecule has 2 N–H and O–H groups in total. The van der Waals surface area contributed by atoms with Crippen molar-refractivity contribution in [3.63, 3.8) is 0 Å². The normalized spacial score (nSPS) is 11.0. The number of benzene rings is 1. The zero-order valence-corrected chi connectivity index (χ0v) is 9.12.